The Kier molecular flexibility index (Phi) is 6.46. The molecule has 0 radical (unpaired) electrons. The molecule has 0 amide bonds. The first kappa shape index (κ1) is 20.9. The number of fused-ring (bicyclic) bond motifs is 1. The van der Waals surface area contributed by atoms with Crippen LogP contribution in [0.1, 0.15) is 51.5 Å². The molecule has 0 saturated carbocycles. The number of rotatable bonds is 5. The Morgan fingerprint density at radius 1 is 1.07 bits per heavy atom. The average molecular weight is 421 g/mol. The Balaban J connectivity index is 1.84. The van der Waals surface area contributed by atoms with Gasteiger partial charge in [-0.3, -0.25) is 9.00 Å². The van der Waals surface area contributed by atoms with E-state index in [0.29, 0.717) is 41.2 Å². The fraction of sp³-hybridized carbons (Fsp3) is 0.409. The van der Waals surface area contributed by atoms with E-state index in [1.54, 1.807) is 13.0 Å². The molecule has 4 nitrogen and oxygen atoms in total. The molecule has 1 heterocycles. The number of carbonyl (C=O) groups excluding carboxylic acids is 1. The van der Waals surface area contributed by atoms with Crippen LogP contribution in [0.3, 0.4) is 0 Å². The van der Waals surface area contributed by atoms with E-state index >= 15 is 0 Å². The molecule has 0 spiro atoms. The number of carbonyl (C=O) groups is 1. The van der Waals surface area contributed by atoms with Gasteiger partial charge in [-0.15, -0.1) is 0 Å². The highest BCUT2D eigenvalue weighted by atomic mass is 35.5. The van der Waals surface area contributed by atoms with Gasteiger partial charge in [-0.1, -0.05) is 17.7 Å². The molecule has 2 aromatic carbocycles. The summed E-state index contributed by atoms with van der Waals surface area (Å²) in [4.78, 5) is 12.0. The fourth-order valence-corrected chi connectivity index (χ4v) is 5.45. The largest absolute Gasteiger partial charge is 0.489 e. The van der Waals surface area contributed by atoms with Crippen molar-refractivity contribution in [2.75, 3.05) is 13.2 Å². The van der Waals surface area contributed by atoms with Gasteiger partial charge in [-0.25, -0.2) is 0 Å². The molecule has 1 atom stereocenters. The molecule has 1 aliphatic rings. The van der Waals surface area contributed by atoms with Gasteiger partial charge >= 0.3 is 0 Å². The predicted molar refractivity (Wildman–Crippen MR) is 113 cm³/mol. The summed E-state index contributed by atoms with van der Waals surface area (Å²) in [6.45, 7) is 8.60. The van der Waals surface area contributed by atoms with Crippen molar-refractivity contribution >= 4 is 28.2 Å². The van der Waals surface area contributed by atoms with Gasteiger partial charge in [0.25, 0.3) is 0 Å². The molecule has 0 saturated heterocycles. The van der Waals surface area contributed by atoms with Gasteiger partial charge in [0, 0.05) is 34.3 Å². The minimum Gasteiger partial charge on any atom is -0.489 e. The summed E-state index contributed by atoms with van der Waals surface area (Å²) in [6.07, 6.45) is 0.802. The molecule has 0 unspecified atom stereocenters. The van der Waals surface area contributed by atoms with Gasteiger partial charge in [0.15, 0.2) is 17.3 Å². The van der Waals surface area contributed by atoms with Gasteiger partial charge in [0.05, 0.1) is 18.2 Å². The third-order valence-electron chi connectivity index (χ3n) is 4.98. The number of aryl methyl sites for hydroxylation is 2. The lowest BCUT2D eigenvalue weighted by atomic mass is 9.92. The van der Waals surface area contributed by atoms with Crippen molar-refractivity contribution in [3.8, 4) is 11.5 Å². The molecule has 1 aliphatic heterocycles. The normalized spacial score (nSPS) is 14.5. The van der Waals surface area contributed by atoms with E-state index in [2.05, 4.69) is 0 Å². The number of ether oxygens (including phenoxy) is 2. The van der Waals surface area contributed by atoms with Crippen LogP contribution in [0, 0.1) is 20.8 Å². The van der Waals surface area contributed by atoms with Crippen LogP contribution < -0.4 is 9.47 Å². The first-order valence-corrected chi connectivity index (χ1v) is 11.2. The van der Waals surface area contributed by atoms with E-state index < -0.39 is 10.8 Å². The topological polar surface area (TPSA) is 52.6 Å². The molecule has 0 aromatic heterocycles. The summed E-state index contributed by atoms with van der Waals surface area (Å²) in [5.74, 6) is 1.96. The second-order valence-corrected chi connectivity index (χ2v) is 9.09. The lowest BCUT2D eigenvalue weighted by molar-refractivity contribution is 0.101. The maximum atomic E-state index is 12.9. The van der Waals surface area contributed by atoms with Gasteiger partial charge in [-0.2, -0.15) is 0 Å². The number of benzene rings is 2. The van der Waals surface area contributed by atoms with Crippen LogP contribution in [0.2, 0.25) is 5.02 Å². The molecular formula is C22H25ClO4S. The summed E-state index contributed by atoms with van der Waals surface area (Å²) in [5.41, 5.74) is 5.51. The Bertz CT molecular complexity index is 952. The average Bonchev–Trinajstić information content (AvgIpc) is 2.84. The van der Waals surface area contributed by atoms with Crippen molar-refractivity contribution in [3.05, 3.63) is 56.6 Å². The standard InChI is InChI=1S/C22H25ClO4S/c1-13-8-14(2)21(16(4)24)15(3)18(13)12-28(25)11-17-9-19(23)22-20(10-17)26-6-5-7-27-22/h8-10H,5-7,11-12H2,1-4H3/t28-/m1/s1. The number of Topliss-reactive ketones (excluding diaryl/α,β-unsaturated/α-hetero) is 1. The summed E-state index contributed by atoms with van der Waals surface area (Å²) in [7, 11) is -1.15. The van der Waals surface area contributed by atoms with E-state index in [-0.39, 0.29) is 5.78 Å². The first-order valence-electron chi connectivity index (χ1n) is 9.31. The predicted octanol–water partition coefficient (Wildman–Crippen LogP) is 5.08. The lowest BCUT2D eigenvalue weighted by Gasteiger charge is -2.16. The van der Waals surface area contributed by atoms with Crippen molar-refractivity contribution in [1.82, 2.24) is 0 Å². The van der Waals surface area contributed by atoms with E-state index in [0.717, 1.165) is 39.8 Å². The highest BCUT2D eigenvalue weighted by Crippen LogP contribution is 2.38. The van der Waals surface area contributed by atoms with Crippen molar-refractivity contribution in [2.24, 2.45) is 0 Å². The van der Waals surface area contributed by atoms with E-state index in [9.17, 15) is 9.00 Å². The molecule has 0 bridgehead atoms. The Morgan fingerprint density at radius 3 is 2.50 bits per heavy atom. The summed E-state index contributed by atoms with van der Waals surface area (Å²) in [5, 5.41) is 0.480. The minimum absolute atomic E-state index is 0.0386. The maximum absolute atomic E-state index is 12.9. The third kappa shape index (κ3) is 4.41. The summed E-state index contributed by atoms with van der Waals surface area (Å²) >= 11 is 6.35. The van der Waals surface area contributed by atoms with Crippen LogP contribution in [-0.2, 0) is 22.3 Å². The Morgan fingerprint density at radius 2 is 1.79 bits per heavy atom. The number of hydrogen-bond donors (Lipinski definition) is 0. The molecule has 6 heteroatoms. The molecule has 28 heavy (non-hydrogen) atoms. The van der Waals surface area contributed by atoms with Crippen molar-refractivity contribution in [3.63, 3.8) is 0 Å². The van der Waals surface area contributed by atoms with Crippen LogP contribution in [0.15, 0.2) is 18.2 Å². The van der Waals surface area contributed by atoms with E-state index in [4.69, 9.17) is 21.1 Å². The van der Waals surface area contributed by atoms with Gasteiger partial charge < -0.3 is 9.47 Å². The molecule has 150 valence electrons. The van der Waals surface area contributed by atoms with Crippen LogP contribution in [0.25, 0.3) is 0 Å². The molecule has 0 fully saturated rings. The highest BCUT2D eigenvalue weighted by molar-refractivity contribution is 7.83. The number of halogens is 1. The lowest BCUT2D eigenvalue weighted by Crippen LogP contribution is -2.09. The third-order valence-corrected chi connectivity index (χ3v) is 6.52. The zero-order valence-electron chi connectivity index (χ0n) is 16.7. The quantitative estimate of drug-likeness (QED) is 0.633. The zero-order valence-corrected chi connectivity index (χ0v) is 18.3. The zero-order chi connectivity index (χ0) is 20.4. The molecule has 0 N–H and O–H groups in total. The van der Waals surface area contributed by atoms with Crippen molar-refractivity contribution < 1.29 is 18.5 Å². The monoisotopic (exact) mass is 420 g/mol. The fourth-order valence-electron chi connectivity index (χ4n) is 3.76. The molecule has 3 rings (SSSR count). The Hall–Kier alpha value is -1.85. The van der Waals surface area contributed by atoms with E-state index in [1.807, 2.05) is 32.9 Å². The maximum Gasteiger partial charge on any atom is 0.179 e. The van der Waals surface area contributed by atoms with Crippen LogP contribution in [-0.4, -0.2) is 23.2 Å². The van der Waals surface area contributed by atoms with E-state index in [1.165, 1.54) is 0 Å². The van der Waals surface area contributed by atoms with Crippen molar-refractivity contribution in [2.45, 2.75) is 45.6 Å². The van der Waals surface area contributed by atoms with Crippen LogP contribution in [0.4, 0.5) is 0 Å². The van der Waals surface area contributed by atoms with Gasteiger partial charge in [0.1, 0.15) is 0 Å². The number of hydrogen-bond acceptors (Lipinski definition) is 4. The molecule has 0 aliphatic carbocycles. The van der Waals surface area contributed by atoms with Gasteiger partial charge in [0.2, 0.25) is 0 Å². The summed E-state index contributed by atoms with van der Waals surface area (Å²) < 4.78 is 24.3. The highest BCUT2D eigenvalue weighted by Gasteiger charge is 2.19. The van der Waals surface area contributed by atoms with Crippen molar-refractivity contribution in [1.29, 1.82) is 0 Å². The Labute approximate surface area is 173 Å². The molecule has 2 aromatic rings. The smallest absolute Gasteiger partial charge is 0.179 e. The van der Waals surface area contributed by atoms with Gasteiger partial charge in [-0.05, 0) is 67.6 Å². The second-order valence-electron chi connectivity index (χ2n) is 7.23. The summed E-state index contributed by atoms with van der Waals surface area (Å²) in [6, 6.07) is 5.66. The second kappa shape index (κ2) is 8.66. The minimum atomic E-state index is -1.15. The van der Waals surface area contributed by atoms with Crippen LogP contribution in [0.5, 0.6) is 11.5 Å². The van der Waals surface area contributed by atoms with Crippen LogP contribution >= 0.6 is 11.6 Å². The SMILES string of the molecule is CC(=O)c1c(C)cc(C)c(C[S@](=O)Cc2cc(Cl)c3c(c2)OCCCO3)c1C. The molecular weight excluding hydrogens is 396 g/mol. The first-order chi connectivity index (χ1) is 13.3. The number of ketones is 1.